The van der Waals surface area contributed by atoms with Crippen LogP contribution in [0.2, 0.25) is 18.1 Å². The van der Waals surface area contributed by atoms with Crippen LogP contribution in [0.4, 0.5) is 0 Å². The van der Waals surface area contributed by atoms with Crippen LogP contribution in [0.3, 0.4) is 0 Å². The maximum atomic E-state index is 6.62. The largest absolute Gasteiger partial charge is 0.499 e. The molecule has 0 aliphatic carbocycles. The summed E-state index contributed by atoms with van der Waals surface area (Å²) in [5.41, 5.74) is 0.807. The highest BCUT2D eigenvalue weighted by molar-refractivity contribution is 6.73. The van der Waals surface area contributed by atoms with Crippen LogP contribution in [0.5, 0.6) is 17.2 Å². The van der Waals surface area contributed by atoms with E-state index in [1.54, 1.807) is 21.3 Å². The molecule has 1 aliphatic rings. The van der Waals surface area contributed by atoms with Crippen LogP contribution < -0.4 is 19.7 Å². The fourth-order valence-electron chi connectivity index (χ4n) is 3.85. The maximum absolute atomic E-state index is 6.62. The summed E-state index contributed by atoms with van der Waals surface area (Å²) >= 11 is 0. The Balaban J connectivity index is 2.60. The van der Waals surface area contributed by atoms with Gasteiger partial charge in [0.25, 0.3) is 0 Å². The molecule has 0 saturated carbocycles. The lowest BCUT2D eigenvalue weighted by Crippen LogP contribution is -2.41. The van der Waals surface area contributed by atoms with Gasteiger partial charge in [0, 0.05) is 5.46 Å². The van der Waals surface area contributed by atoms with Crippen LogP contribution in [0.1, 0.15) is 54.0 Å². The van der Waals surface area contributed by atoms with Gasteiger partial charge in [0.05, 0.1) is 39.1 Å². The van der Waals surface area contributed by atoms with Crippen molar-refractivity contribution in [3.8, 4) is 17.2 Å². The van der Waals surface area contributed by atoms with E-state index in [4.69, 9.17) is 27.9 Å². The third-order valence-electron chi connectivity index (χ3n) is 6.91. The summed E-state index contributed by atoms with van der Waals surface area (Å²) in [6, 6.07) is 5.20. The Morgan fingerprint density at radius 1 is 0.833 bits per heavy atom. The monoisotopic (exact) mass is 438 g/mol. The van der Waals surface area contributed by atoms with E-state index in [2.05, 4.69) is 20.8 Å². The molecule has 0 spiro atoms. The molecule has 1 fully saturated rings. The zero-order chi connectivity index (χ0) is 22.7. The van der Waals surface area contributed by atoms with Crippen molar-refractivity contribution in [2.75, 3.05) is 21.3 Å². The van der Waals surface area contributed by atoms with Crippen molar-refractivity contribution in [2.45, 2.75) is 84.4 Å². The lowest BCUT2D eigenvalue weighted by atomic mass is 9.74. The number of rotatable bonds is 10. The minimum atomic E-state index is -1.79. The summed E-state index contributed by atoms with van der Waals surface area (Å²) in [7, 11) is 2.47. The first-order chi connectivity index (χ1) is 14.0. The topological polar surface area (TPSA) is 55.4 Å². The number of methoxy groups -OCH3 is 3. The Hall–Kier alpha value is -1.22. The van der Waals surface area contributed by atoms with Gasteiger partial charge < -0.3 is 27.9 Å². The Labute approximate surface area is 183 Å². The van der Waals surface area contributed by atoms with Gasteiger partial charge in [-0.3, -0.25) is 0 Å². The Bertz CT molecular complexity index is 709. The lowest BCUT2D eigenvalue weighted by molar-refractivity contribution is 0.00578. The number of ether oxygens (including phenoxy) is 3. The molecule has 170 valence electrons. The van der Waals surface area contributed by atoms with Gasteiger partial charge >= 0.3 is 7.12 Å². The molecule has 0 N–H and O–H groups in total. The first-order valence-corrected chi connectivity index (χ1v) is 13.4. The molecule has 6 nitrogen and oxygen atoms in total. The molecular weight excluding hydrogens is 399 g/mol. The van der Waals surface area contributed by atoms with Gasteiger partial charge in [0.2, 0.25) is 5.75 Å². The van der Waals surface area contributed by atoms with Crippen molar-refractivity contribution >= 4 is 20.9 Å². The predicted octanol–water partition coefficient (Wildman–Crippen LogP) is 4.53. The van der Waals surface area contributed by atoms with Gasteiger partial charge in [0.15, 0.2) is 19.8 Å². The first-order valence-electron chi connectivity index (χ1n) is 10.9. The standard InChI is InChI=1S/C22H39BO6Si/c1-11-30(12-2,13-3)27-15-16-14-17(24-8)19(25-9)20(26-10)18(16)23-28-21(4,5)22(6,7)29-23/h14H,11-13,15H2,1-10H3. The second-order valence-electron chi connectivity index (χ2n) is 8.84. The average molecular weight is 438 g/mol. The van der Waals surface area contributed by atoms with Gasteiger partial charge in [-0.1, -0.05) is 20.8 Å². The smallest absolute Gasteiger partial charge is 0.493 e. The first kappa shape index (κ1) is 25.0. The van der Waals surface area contributed by atoms with Crippen molar-refractivity contribution in [1.29, 1.82) is 0 Å². The van der Waals surface area contributed by atoms with E-state index >= 15 is 0 Å². The van der Waals surface area contributed by atoms with E-state index in [-0.39, 0.29) is 0 Å². The summed E-state index contributed by atoms with van der Waals surface area (Å²) in [5, 5.41) is 0. The van der Waals surface area contributed by atoms with E-state index in [1.165, 1.54) is 0 Å². The van der Waals surface area contributed by atoms with E-state index in [0.29, 0.717) is 23.9 Å². The summed E-state index contributed by atoms with van der Waals surface area (Å²) in [6.45, 7) is 15.3. The molecule has 1 saturated heterocycles. The Kier molecular flexibility index (Phi) is 7.94. The van der Waals surface area contributed by atoms with Gasteiger partial charge in [-0.2, -0.15) is 0 Å². The third kappa shape index (κ3) is 4.52. The molecule has 0 aromatic heterocycles. The van der Waals surface area contributed by atoms with Crippen LogP contribution in [-0.4, -0.2) is 48.0 Å². The second-order valence-corrected chi connectivity index (χ2v) is 13.6. The number of hydrogen-bond acceptors (Lipinski definition) is 6. The molecule has 1 aliphatic heterocycles. The molecule has 0 bridgehead atoms. The molecule has 30 heavy (non-hydrogen) atoms. The molecule has 8 heteroatoms. The molecule has 1 heterocycles. The Morgan fingerprint density at radius 2 is 1.33 bits per heavy atom. The van der Waals surface area contributed by atoms with Gasteiger partial charge in [0.1, 0.15) is 0 Å². The lowest BCUT2D eigenvalue weighted by Gasteiger charge is -2.32. The molecule has 0 atom stereocenters. The fraction of sp³-hybridized carbons (Fsp3) is 0.727. The Morgan fingerprint density at radius 3 is 1.73 bits per heavy atom. The summed E-state index contributed by atoms with van der Waals surface area (Å²) in [4.78, 5) is 0. The number of benzene rings is 1. The van der Waals surface area contributed by atoms with Crippen LogP contribution >= 0.6 is 0 Å². The normalized spacial score (nSPS) is 17.9. The molecule has 0 amide bonds. The molecule has 0 unspecified atom stereocenters. The summed E-state index contributed by atoms with van der Waals surface area (Å²) in [5.74, 6) is 1.69. The highest BCUT2D eigenvalue weighted by Gasteiger charge is 2.53. The van der Waals surface area contributed by atoms with Gasteiger partial charge in [-0.05, 0) is 57.5 Å². The molecular formula is C22H39BO6Si. The molecule has 2 rings (SSSR count). The van der Waals surface area contributed by atoms with Gasteiger partial charge in [-0.15, -0.1) is 0 Å². The minimum absolute atomic E-state index is 0.456. The SMILES string of the molecule is CC[Si](CC)(CC)OCc1cc(OC)c(OC)c(OC)c1B1OC(C)(C)C(C)(C)O1. The van der Waals surface area contributed by atoms with E-state index in [1.807, 2.05) is 33.8 Å². The highest BCUT2D eigenvalue weighted by atomic mass is 28.4. The average Bonchev–Trinajstić information content (AvgIpc) is 2.94. The van der Waals surface area contributed by atoms with Crippen molar-refractivity contribution in [3.63, 3.8) is 0 Å². The summed E-state index contributed by atoms with van der Waals surface area (Å²) in [6.07, 6.45) is 0. The van der Waals surface area contributed by atoms with E-state index in [0.717, 1.165) is 29.2 Å². The molecule has 1 aromatic carbocycles. The molecule has 1 aromatic rings. The van der Waals surface area contributed by atoms with E-state index in [9.17, 15) is 0 Å². The molecule has 0 radical (unpaired) electrons. The fourth-order valence-corrected chi connectivity index (χ4v) is 6.43. The van der Waals surface area contributed by atoms with Crippen LogP contribution in [-0.2, 0) is 20.3 Å². The van der Waals surface area contributed by atoms with Crippen molar-refractivity contribution in [1.82, 2.24) is 0 Å². The zero-order valence-electron chi connectivity index (χ0n) is 20.4. The van der Waals surface area contributed by atoms with Crippen molar-refractivity contribution in [3.05, 3.63) is 11.6 Å². The van der Waals surface area contributed by atoms with Crippen LogP contribution in [0.25, 0.3) is 0 Å². The highest BCUT2D eigenvalue weighted by Crippen LogP contribution is 2.42. The van der Waals surface area contributed by atoms with E-state index < -0.39 is 26.6 Å². The van der Waals surface area contributed by atoms with Crippen molar-refractivity contribution in [2.24, 2.45) is 0 Å². The maximum Gasteiger partial charge on any atom is 0.499 e. The van der Waals surface area contributed by atoms with Crippen molar-refractivity contribution < 1.29 is 27.9 Å². The van der Waals surface area contributed by atoms with Crippen LogP contribution in [0.15, 0.2) is 6.07 Å². The third-order valence-corrected chi connectivity index (χ3v) is 11.5. The second kappa shape index (κ2) is 9.51. The number of hydrogen-bond donors (Lipinski definition) is 0. The van der Waals surface area contributed by atoms with Gasteiger partial charge in [-0.25, -0.2) is 0 Å². The zero-order valence-corrected chi connectivity index (χ0v) is 21.4. The quantitative estimate of drug-likeness (QED) is 0.500. The minimum Gasteiger partial charge on any atom is -0.493 e. The van der Waals surface area contributed by atoms with Crippen LogP contribution in [0, 0.1) is 0 Å². The predicted molar refractivity (Wildman–Crippen MR) is 124 cm³/mol. The summed E-state index contributed by atoms with van der Waals surface area (Å²) < 4.78 is 36.4.